The third kappa shape index (κ3) is 5.22. The zero-order valence-corrected chi connectivity index (χ0v) is 13.6. The SMILES string of the molecule is COc1ccc(NC(C)=O)cc1C(=O)NCCN1CCOCC1. The summed E-state index contributed by atoms with van der Waals surface area (Å²) in [5.41, 5.74) is 0.970. The van der Waals surface area contributed by atoms with Crippen molar-refractivity contribution in [3.05, 3.63) is 23.8 Å². The van der Waals surface area contributed by atoms with Gasteiger partial charge >= 0.3 is 0 Å². The number of rotatable bonds is 6. The fourth-order valence-corrected chi connectivity index (χ4v) is 2.41. The van der Waals surface area contributed by atoms with E-state index >= 15 is 0 Å². The molecule has 0 saturated carbocycles. The van der Waals surface area contributed by atoms with Crippen molar-refractivity contribution in [1.29, 1.82) is 0 Å². The molecule has 1 aromatic rings. The standard InChI is InChI=1S/C16H23N3O4/c1-12(20)18-13-3-4-15(22-2)14(11-13)16(21)17-5-6-19-7-9-23-10-8-19/h3-4,11H,5-10H2,1-2H3,(H,17,21)(H,18,20). The number of hydrogen-bond donors (Lipinski definition) is 2. The second-order valence-electron chi connectivity index (χ2n) is 5.31. The summed E-state index contributed by atoms with van der Waals surface area (Å²) >= 11 is 0. The van der Waals surface area contributed by atoms with E-state index in [1.807, 2.05) is 0 Å². The number of nitrogens with zero attached hydrogens (tertiary/aromatic N) is 1. The number of carbonyl (C=O) groups excluding carboxylic acids is 2. The lowest BCUT2D eigenvalue weighted by Crippen LogP contribution is -2.41. The van der Waals surface area contributed by atoms with Gasteiger partial charge in [0.15, 0.2) is 0 Å². The minimum Gasteiger partial charge on any atom is -0.496 e. The van der Waals surface area contributed by atoms with Gasteiger partial charge in [-0.2, -0.15) is 0 Å². The molecule has 1 aromatic carbocycles. The zero-order valence-electron chi connectivity index (χ0n) is 13.6. The highest BCUT2D eigenvalue weighted by Gasteiger charge is 2.15. The molecule has 1 saturated heterocycles. The van der Waals surface area contributed by atoms with E-state index in [4.69, 9.17) is 9.47 Å². The molecule has 7 nitrogen and oxygen atoms in total. The van der Waals surface area contributed by atoms with Crippen LogP contribution in [0.25, 0.3) is 0 Å². The number of hydrogen-bond acceptors (Lipinski definition) is 5. The van der Waals surface area contributed by atoms with E-state index in [1.165, 1.54) is 14.0 Å². The van der Waals surface area contributed by atoms with Gasteiger partial charge in [0, 0.05) is 38.8 Å². The smallest absolute Gasteiger partial charge is 0.255 e. The summed E-state index contributed by atoms with van der Waals surface area (Å²) in [7, 11) is 1.51. The van der Waals surface area contributed by atoms with Crippen molar-refractivity contribution in [3.63, 3.8) is 0 Å². The Labute approximate surface area is 135 Å². The molecule has 23 heavy (non-hydrogen) atoms. The largest absolute Gasteiger partial charge is 0.496 e. The van der Waals surface area contributed by atoms with Gasteiger partial charge in [-0.05, 0) is 18.2 Å². The second-order valence-corrected chi connectivity index (χ2v) is 5.31. The molecular formula is C16H23N3O4. The lowest BCUT2D eigenvalue weighted by atomic mass is 10.1. The van der Waals surface area contributed by atoms with Gasteiger partial charge in [0.05, 0.1) is 25.9 Å². The van der Waals surface area contributed by atoms with E-state index in [9.17, 15) is 9.59 Å². The Bertz CT molecular complexity index is 556. The first kappa shape index (κ1) is 17.2. The van der Waals surface area contributed by atoms with Crippen molar-refractivity contribution < 1.29 is 19.1 Å². The Morgan fingerprint density at radius 3 is 2.70 bits per heavy atom. The van der Waals surface area contributed by atoms with Crippen LogP contribution in [-0.2, 0) is 9.53 Å². The maximum Gasteiger partial charge on any atom is 0.255 e. The number of ether oxygens (including phenoxy) is 2. The van der Waals surface area contributed by atoms with E-state index in [0.717, 1.165) is 32.8 Å². The average Bonchev–Trinajstić information content (AvgIpc) is 2.55. The number of amides is 2. The summed E-state index contributed by atoms with van der Waals surface area (Å²) in [5, 5.41) is 5.55. The summed E-state index contributed by atoms with van der Waals surface area (Å²) in [6.07, 6.45) is 0. The third-order valence-electron chi connectivity index (χ3n) is 3.58. The van der Waals surface area contributed by atoms with Crippen LogP contribution in [0.1, 0.15) is 17.3 Å². The van der Waals surface area contributed by atoms with Crippen LogP contribution in [-0.4, -0.2) is 63.2 Å². The van der Waals surface area contributed by atoms with Crippen LogP contribution in [0.4, 0.5) is 5.69 Å². The molecule has 0 atom stereocenters. The summed E-state index contributed by atoms with van der Waals surface area (Å²) in [6.45, 7) is 6.00. The molecule has 0 bridgehead atoms. The lowest BCUT2D eigenvalue weighted by molar-refractivity contribution is -0.114. The van der Waals surface area contributed by atoms with E-state index in [0.29, 0.717) is 23.5 Å². The second kappa shape index (κ2) is 8.50. The first-order valence-corrected chi connectivity index (χ1v) is 7.64. The Morgan fingerprint density at radius 1 is 1.30 bits per heavy atom. The summed E-state index contributed by atoms with van der Waals surface area (Å²) in [6, 6.07) is 4.98. The van der Waals surface area contributed by atoms with Gasteiger partial charge < -0.3 is 20.1 Å². The highest BCUT2D eigenvalue weighted by molar-refractivity contribution is 5.99. The highest BCUT2D eigenvalue weighted by Crippen LogP contribution is 2.22. The number of nitrogens with one attached hydrogen (secondary N) is 2. The van der Waals surface area contributed by atoms with Crippen LogP contribution < -0.4 is 15.4 Å². The molecular weight excluding hydrogens is 298 g/mol. The predicted octanol–water partition coefficient (Wildman–Crippen LogP) is 0.716. The maximum atomic E-state index is 12.4. The maximum absolute atomic E-state index is 12.4. The summed E-state index contributed by atoms with van der Waals surface area (Å²) in [4.78, 5) is 25.7. The van der Waals surface area contributed by atoms with Crippen molar-refractivity contribution in [1.82, 2.24) is 10.2 Å². The van der Waals surface area contributed by atoms with Crippen LogP contribution >= 0.6 is 0 Å². The van der Waals surface area contributed by atoms with Gasteiger partial charge in [0.25, 0.3) is 5.91 Å². The van der Waals surface area contributed by atoms with Crippen molar-refractivity contribution in [2.24, 2.45) is 0 Å². The first-order chi connectivity index (χ1) is 11.1. The van der Waals surface area contributed by atoms with Crippen LogP contribution in [0, 0.1) is 0 Å². The van der Waals surface area contributed by atoms with Gasteiger partial charge in [-0.15, -0.1) is 0 Å². The molecule has 0 aromatic heterocycles. The highest BCUT2D eigenvalue weighted by atomic mass is 16.5. The molecule has 0 aliphatic carbocycles. The molecule has 1 aliphatic rings. The molecule has 1 fully saturated rings. The molecule has 126 valence electrons. The van der Waals surface area contributed by atoms with Gasteiger partial charge in [0.2, 0.25) is 5.91 Å². The molecule has 2 N–H and O–H groups in total. The topological polar surface area (TPSA) is 79.9 Å². The number of anilines is 1. The van der Waals surface area contributed by atoms with Gasteiger partial charge in [-0.25, -0.2) is 0 Å². The fraction of sp³-hybridized carbons (Fsp3) is 0.500. The molecule has 2 amide bonds. The van der Waals surface area contributed by atoms with Crippen molar-refractivity contribution in [3.8, 4) is 5.75 Å². The van der Waals surface area contributed by atoms with Crippen molar-refractivity contribution in [2.45, 2.75) is 6.92 Å². The lowest BCUT2D eigenvalue weighted by Gasteiger charge is -2.26. The normalized spacial score (nSPS) is 15.0. The third-order valence-corrected chi connectivity index (χ3v) is 3.58. The molecule has 1 heterocycles. The van der Waals surface area contributed by atoms with Crippen LogP contribution in [0.5, 0.6) is 5.75 Å². The van der Waals surface area contributed by atoms with Gasteiger partial charge in [-0.3, -0.25) is 14.5 Å². The Morgan fingerprint density at radius 2 is 2.04 bits per heavy atom. The number of benzene rings is 1. The van der Waals surface area contributed by atoms with E-state index in [-0.39, 0.29) is 11.8 Å². The van der Waals surface area contributed by atoms with Crippen molar-refractivity contribution in [2.75, 3.05) is 51.8 Å². The number of carbonyl (C=O) groups is 2. The summed E-state index contributed by atoms with van der Waals surface area (Å²) in [5.74, 6) is 0.0686. The van der Waals surface area contributed by atoms with E-state index in [1.54, 1.807) is 18.2 Å². The zero-order chi connectivity index (χ0) is 16.7. The van der Waals surface area contributed by atoms with Crippen LogP contribution in [0.2, 0.25) is 0 Å². The molecule has 0 radical (unpaired) electrons. The minimum absolute atomic E-state index is 0.186. The molecule has 7 heteroatoms. The fourth-order valence-electron chi connectivity index (χ4n) is 2.41. The Kier molecular flexibility index (Phi) is 6.37. The monoisotopic (exact) mass is 321 g/mol. The Balaban J connectivity index is 1.94. The number of morpholine rings is 1. The van der Waals surface area contributed by atoms with E-state index < -0.39 is 0 Å². The van der Waals surface area contributed by atoms with Crippen LogP contribution in [0.15, 0.2) is 18.2 Å². The van der Waals surface area contributed by atoms with Gasteiger partial charge in [-0.1, -0.05) is 0 Å². The Hall–Kier alpha value is -2.12. The quantitative estimate of drug-likeness (QED) is 0.807. The van der Waals surface area contributed by atoms with E-state index in [2.05, 4.69) is 15.5 Å². The minimum atomic E-state index is -0.220. The average molecular weight is 321 g/mol. The van der Waals surface area contributed by atoms with Gasteiger partial charge in [0.1, 0.15) is 5.75 Å². The molecule has 2 rings (SSSR count). The molecule has 0 spiro atoms. The summed E-state index contributed by atoms with van der Waals surface area (Å²) < 4.78 is 10.5. The molecule has 1 aliphatic heterocycles. The number of methoxy groups -OCH3 is 1. The van der Waals surface area contributed by atoms with Crippen molar-refractivity contribution >= 4 is 17.5 Å². The van der Waals surface area contributed by atoms with Crippen LogP contribution in [0.3, 0.4) is 0 Å². The predicted molar refractivity (Wildman–Crippen MR) is 86.9 cm³/mol. The molecule has 0 unspecified atom stereocenters. The first-order valence-electron chi connectivity index (χ1n) is 7.64.